The maximum Gasteiger partial charge on any atom is 0.433 e. The van der Waals surface area contributed by atoms with E-state index in [1.807, 2.05) is 0 Å². The molecule has 2 aromatic rings. The normalized spacial score (nSPS) is 16.4. The van der Waals surface area contributed by atoms with Crippen molar-refractivity contribution < 1.29 is 13.9 Å². The summed E-state index contributed by atoms with van der Waals surface area (Å²) in [4.78, 5) is 16.3. The Balaban J connectivity index is 1.70. The highest BCUT2D eigenvalue weighted by atomic mass is 16.6. The number of rotatable bonds is 4. The van der Waals surface area contributed by atoms with E-state index in [0.29, 0.717) is 12.4 Å². The van der Waals surface area contributed by atoms with Crippen LogP contribution in [0.25, 0.3) is 11.7 Å². The monoisotopic (exact) mass is 279 g/mol. The molecule has 1 aliphatic rings. The minimum atomic E-state index is -0.610. The smallest absolute Gasteiger partial charge is 0.395 e. The molecule has 106 valence electrons. The van der Waals surface area contributed by atoms with Crippen LogP contribution >= 0.6 is 0 Å². The molecule has 1 N–H and O–H groups in total. The molecule has 9 heteroatoms. The highest BCUT2D eigenvalue weighted by molar-refractivity contribution is 5.46. The van der Waals surface area contributed by atoms with Gasteiger partial charge in [0.05, 0.1) is 12.6 Å². The second-order valence-electron chi connectivity index (χ2n) is 4.44. The summed E-state index contributed by atoms with van der Waals surface area (Å²) in [7, 11) is 0. The third-order valence-electron chi connectivity index (χ3n) is 3.03. The maximum absolute atomic E-state index is 10.5. The van der Waals surface area contributed by atoms with Gasteiger partial charge in [0, 0.05) is 26.2 Å². The molecule has 0 aromatic carbocycles. The molecule has 9 nitrogen and oxygen atoms in total. The van der Waals surface area contributed by atoms with Crippen molar-refractivity contribution in [1.29, 1.82) is 0 Å². The molecule has 0 spiro atoms. The Morgan fingerprint density at radius 1 is 1.40 bits per heavy atom. The van der Waals surface area contributed by atoms with E-state index < -0.39 is 4.92 Å². The first-order valence-corrected chi connectivity index (χ1v) is 6.22. The van der Waals surface area contributed by atoms with Crippen molar-refractivity contribution >= 4 is 5.88 Å². The summed E-state index contributed by atoms with van der Waals surface area (Å²) in [6, 6.07) is 2.70. The summed E-state index contributed by atoms with van der Waals surface area (Å²) in [5, 5.41) is 17.7. The van der Waals surface area contributed by atoms with Gasteiger partial charge in [0.1, 0.15) is 4.92 Å². The minimum absolute atomic E-state index is 0.156. The van der Waals surface area contributed by atoms with Gasteiger partial charge in [0.25, 0.3) is 5.89 Å². The van der Waals surface area contributed by atoms with Crippen molar-refractivity contribution in [2.24, 2.45) is 0 Å². The molecule has 20 heavy (non-hydrogen) atoms. The van der Waals surface area contributed by atoms with Gasteiger partial charge in [-0.15, -0.1) is 0 Å². The largest absolute Gasteiger partial charge is 0.433 e. The van der Waals surface area contributed by atoms with Crippen LogP contribution in [0.15, 0.2) is 21.1 Å². The van der Waals surface area contributed by atoms with Crippen LogP contribution in [-0.4, -0.2) is 46.1 Å². The predicted molar refractivity (Wildman–Crippen MR) is 66.8 cm³/mol. The number of nitro groups is 1. The van der Waals surface area contributed by atoms with Crippen molar-refractivity contribution in [2.45, 2.75) is 6.54 Å². The van der Waals surface area contributed by atoms with Gasteiger partial charge in [-0.1, -0.05) is 5.16 Å². The fraction of sp³-hybridized carbons (Fsp3) is 0.455. The summed E-state index contributed by atoms with van der Waals surface area (Å²) >= 11 is 0. The lowest BCUT2D eigenvalue weighted by Crippen LogP contribution is -2.43. The minimum Gasteiger partial charge on any atom is -0.395 e. The first kappa shape index (κ1) is 12.8. The Labute approximate surface area is 113 Å². The molecular formula is C11H13N5O4. The molecule has 0 bridgehead atoms. The Morgan fingerprint density at radius 2 is 2.20 bits per heavy atom. The van der Waals surface area contributed by atoms with Crippen molar-refractivity contribution in [1.82, 2.24) is 20.4 Å². The van der Waals surface area contributed by atoms with E-state index >= 15 is 0 Å². The van der Waals surface area contributed by atoms with E-state index in [4.69, 9.17) is 8.94 Å². The Hall–Kier alpha value is -2.26. The number of hydrogen-bond acceptors (Lipinski definition) is 8. The predicted octanol–water partition coefficient (Wildman–Crippen LogP) is 0.643. The first-order chi connectivity index (χ1) is 9.72. The molecule has 1 saturated heterocycles. The lowest BCUT2D eigenvalue weighted by atomic mass is 10.3. The maximum atomic E-state index is 10.5. The summed E-state index contributed by atoms with van der Waals surface area (Å²) in [5.74, 6) is 0.557. The van der Waals surface area contributed by atoms with E-state index in [-0.39, 0.29) is 17.5 Å². The second-order valence-corrected chi connectivity index (χ2v) is 4.44. The van der Waals surface area contributed by atoms with E-state index in [0.717, 1.165) is 26.2 Å². The highest BCUT2D eigenvalue weighted by Crippen LogP contribution is 2.24. The Kier molecular flexibility index (Phi) is 3.44. The molecule has 0 radical (unpaired) electrons. The lowest BCUT2D eigenvalue weighted by molar-refractivity contribution is -0.401. The second kappa shape index (κ2) is 5.39. The first-order valence-electron chi connectivity index (χ1n) is 6.22. The third kappa shape index (κ3) is 2.68. The summed E-state index contributed by atoms with van der Waals surface area (Å²) in [5.41, 5.74) is 0. The number of aromatic nitrogens is 2. The molecule has 0 saturated carbocycles. The quantitative estimate of drug-likeness (QED) is 0.641. The van der Waals surface area contributed by atoms with Crippen LogP contribution in [0.4, 0.5) is 5.88 Å². The Bertz CT molecular complexity index is 601. The van der Waals surface area contributed by atoms with Gasteiger partial charge in [0.15, 0.2) is 11.6 Å². The summed E-state index contributed by atoms with van der Waals surface area (Å²) < 4.78 is 10.1. The molecular weight excluding hydrogens is 266 g/mol. The molecule has 2 aromatic heterocycles. The fourth-order valence-corrected chi connectivity index (χ4v) is 2.03. The van der Waals surface area contributed by atoms with Crippen molar-refractivity contribution in [3.8, 4) is 11.7 Å². The van der Waals surface area contributed by atoms with Crippen LogP contribution in [0.1, 0.15) is 5.82 Å². The van der Waals surface area contributed by atoms with Crippen molar-refractivity contribution in [2.75, 3.05) is 26.2 Å². The summed E-state index contributed by atoms with van der Waals surface area (Å²) in [6.45, 7) is 4.32. The van der Waals surface area contributed by atoms with E-state index in [1.165, 1.54) is 12.1 Å². The third-order valence-corrected chi connectivity index (χ3v) is 3.03. The van der Waals surface area contributed by atoms with E-state index in [2.05, 4.69) is 20.4 Å². The number of nitrogens with zero attached hydrogens (tertiary/aromatic N) is 4. The fourth-order valence-electron chi connectivity index (χ4n) is 2.03. The van der Waals surface area contributed by atoms with Crippen LogP contribution in [0, 0.1) is 10.1 Å². The zero-order valence-corrected chi connectivity index (χ0v) is 10.6. The van der Waals surface area contributed by atoms with Gasteiger partial charge in [0.2, 0.25) is 0 Å². The SMILES string of the molecule is O=[N+]([O-])c1ccc(-c2nc(CN3CCNCC3)no2)o1. The highest BCUT2D eigenvalue weighted by Gasteiger charge is 2.19. The van der Waals surface area contributed by atoms with E-state index in [1.54, 1.807) is 0 Å². The van der Waals surface area contributed by atoms with Crippen LogP contribution in [0.2, 0.25) is 0 Å². The van der Waals surface area contributed by atoms with E-state index in [9.17, 15) is 10.1 Å². The zero-order valence-electron chi connectivity index (χ0n) is 10.6. The van der Waals surface area contributed by atoms with Gasteiger partial charge in [-0.2, -0.15) is 4.98 Å². The molecule has 1 aliphatic heterocycles. The number of furan rings is 1. The van der Waals surface area contributed by atoms with Gasteiger partial charge < -0.3 is 14.3 Å². The van der Waals surface area contributed by atoms with Crippen molar-refractivity contribution in [3.63, 3.8) is 0 Å². The molecule has 3 heterocycles. The van der Waals surface area contributed by atoms with Crippen LogP contribution in [0.3, 0.4) is 0 Å². The molecule has 1 fully saturated rings. The van der Waals surface area contributed by atoms with Gasteiger partial charge >= 0.3 is 5.88 Å². The molecule has 0 unspecified atom stereocenters. The molecule has 3 rings (SSSR count). The topological polar surface area (TPSA) is 110 Å². The van der Waals surface area contributed by atoms with Crippen LogP contribution < -0.4 is 5.32 Å². The average molecular weight is 279 g/mol. The number of piperazine rings is 1. The number of hydrogen-bond donors (Lipinski definition) is 1. The standard InChI is InChI=1S/C11H13N5O4/c17-16(18)10-2-1-8(19-10)11-13-9(14-20-11)7-15-5-3-12-4-6-15/h1-2,12H,3-7H2. The van der Waals surface area contributed by atoms with Gasteiger partial charge in [-0.05, 0) is 6.07 Å². The molecule has 0 atom stereocenters. The molecule has 0 amide bonds. The zero-order chi connectivity index (χ0) is 13.9. The molecule has 0 aliphatic carbocycles. The van der Waals surface area contributed by atoms with Gasteiger partial charge in [-0.3, -0.25) is 15.0 Å². The van der Waals surface area contributed by atoms with Crippen molar-refractivity contribution in [3.05, 3.63) is 28.1 Å². The average Bonchev–Trinajstić information content (AvgIpc) is 3.08. The Morgan fingerprint density at radius 3 is 2.90 bits per heavy atom. The number of nitrogens with one attached hydrogen (secondary N) is 1. The van der Waals surface area contributed by atoms with Crippen LogP contribution in [-0.2, 0) is 6.54 Å². The lowest BCUT2D eigenvalue weighted by Gasteiger charge is -2.25. The van der Waals surface area contributed by atoms with Gasteiger partial charge in [-0.25, -0.2) is 0 Å². The van der Waals surface area contributed by atoms with Crippen LogP contribution in [0.5, 0.6) is 0 Å². The summed E-state index contributed by atoms with van der Waals surface area (Å²) in [6.07, 6.45) is 0.